The molecule has 1 aliphatic heterocycles. The fourth-order valence-electron chi connectivity index (χ4n) is 2.47. The molecule has 1 aliphatic rings. The summed E-state index contributed by atoms with van der Waals surface area (Å²) in [7, 11) is -3.44. The minimum atomic E-state index is -3.44. The lowest BCUT2D eigenvalue weighted by molar-refractivity contribution is 0.265. The topological polar surface area (TPSA) is 49.4 Å². The number of halogens is 1. The smallest absolute Gasteiger partial charge is 0.200 e. The molecule has 4 nitrogen and oxygen atoms in total. The third kappa shape index (κ3) is 3.95. The highest BCUT2D eigenvalue weighted by atomic mass is 35.5. The Hall–Kier alpha value is -0.620. The van der Waals surface area contributed by atoms with E-state index in [1.807, 2.05) is 37.3 Å². The Labute approximate surface area is 126 Å². The van der Waals surface area contributed by atoms with Crippen LogP contribution in [0.3, 0.4) is 0 Å². The standard InChI is InChI=1S/C14H21ClN2O2S/c1-12-7-5-6-10-17(12)20(18,19)16-11-14(15)13-8-3-2-4-9-13/h2-4,8-9,12,14,16H,5-7,10-11H2,1H3. The molecule has 0 aromatic heterocycles. The van der Waals surface area contributed by atoms with E-state index in [2.05, 4.69) is 4.72 Å². The molecule has 0 aliphatic carbocycles. The van der Waals surface area contributed by atoms with Gasteiger partial charge in [-0.3, -0.25) is 0 Å². The lowest BCUT2D eigenvalue weighted by Crippen LogP contribution is -2.48. The quantitative estimate of drug-likeness (QED) is 0.849. The predicted octanol–water partition coefficient (Wildman–Crippen LogP) is 2.68. The summed E-state index contributed by atoms with van der Waals surface area (Å²) in [6.45, 7) is 2.75. The molecule has 0 spiro atoms. The van der Waals surface area contributed by atoms with E-state index in [0.29, 0.717) is 6.54 Å². The summed E-state index contributed by atoms with van der Waals surface area (Å²) in [6, 6.07) is 9.56. The summed E-state index contributed by atoms with van der Waals surface area (Å²) in [6.07, 6.45) is 2.94. The Morgan fingerprint density at radius 2 is 2.05 bits per heavy atom. The molecule has 1 heterocycles. The third-order valence-electron chi connectivity index (χ3n) is 3.66. The molecular formula is C14H21ClN2O2S. The van der Waals surface area contributed by atoms with Crippen molar-refractivity contribution in [3.05, 3.63) is 35.9 Å². The Kier molecular flexibility index (Phi) is 5.43. The molecule has 1 saturated heterocycles. The first-order chi connectivity index (χ1) is 9.50. The molecule has 20 heavy (non-hydrogen) atoms. The summed E-state index contributed by atoms with van der Waals surface area (Å²) in [5.41, 5.74) is 0.920. The van der Waals surface area contributed by atoms with Crippen LogP contribution in [-0.4, -0.2) is 31.9 Å². The van der Waals surface area contributed by atoms with Crippen molar-refractivity contribution < 1.29 is 8.42 Å². The van der Waals surface area contributed by atoms with E-state index < -0.39 is 10.2 Å². The second-order valence-corrected chi connectivity index (χ2v) is 7.42. The molecule has 6 heteroatoms. The van der Waals surface area contributed by atoms with E-state index >= 15 is 0 Å². The Bertz CT molecular complexity index is 521. The second kappa shape index (κ2) is 6.89. The normalized spacial score (nSPS) is 22.6. The van der Waals surface area contributed by atoms with Gasteiger partial charge in [-0.25, -0.2) is 4.72 Å². The van der Waals surface area contributed by atoms with E-state index in [4.69, 9.17) is 11.6 Å². The van der Waals surface area contributed by atoms with Crippen molar-refractivity contribution in [3.8, 4) is 0 Å². The highest BCUT2D eigenvalue weighted by Gasteiger charge is 2.29. The van der Waals surface area contributed by atoms with Gasteiger partial charge in [-0.05, 0) is 25.3 Å². The molecule has 1 aromatic carbocycles. The molecule has 2 atom stereocenters. The fourth-order valence-corrected chi connectivity index (χ4v) is 4.28. The van der Waals surface area contributed by atoms with Gasteiger partial charge >= 0.3 is 0 Å². The molecule has 2 rings (SSSR count). The Morgan fingerprint density at radius 3 is 2.70 bits per heavy atom. The van der Waals surface area contributed by atoms with Gasteiger partial charge in [-0.2, -0.15) is 12.7 Å². The minimum Gasteiger partial charge on any atom is -0.200 e. The zero-order chi connectivity index (χ0) is 14.6. The van der Waals surface area contributed by atoms with Crippen LogP contribution in [-0.2, 0) is 10.2 Å². The highest BCUT2D eigenvalue weighted by molar-refractivity contribution is 7.87. The van der Waals surface area contributed by atoms with Crippen molar-refractivity contribution in [1.82, 2.24) is 9.03 Å². The number of piperidine rings is 1. The number of benzene rings is 1. The van der Waals surface area contributed by atoms with Crippen molar-refractivity contribution in [2.45, 2.75) is 37.6 Å². The molecule has 0 bridgehead atoms. The van der Waals surface area contributed by atoms with Crippen molar-refractivity contribution in [3.63, 3.8) is 0 Å². The van der Waals surface area contributed by atoms with E-state index in [1.54, 1.807) is 4.31 Å². The number of hydrogen-bond donors (Lipinski definition) is 1. The number of rotatable bonds is 5. The summed E-state index contributed by atoms with van der Waals surface area (Å²) in [5, 5.41) is -0.355. The lowest BCUT2D eigenvalue weighted by Gasteiger charge is -2.32. The zero-order valence-corrected chi connectivity index (χ0v) is 13.2. The van der Waals surface area contributed by atoms with E-state index in [0.717, 1.165) is 24.8 Å². The van der Waals surface area contributed by atoms with Crippen LogP contribution in [0.25, 0.3) is 0 Å². The third-order valence-corrected chi connectivity index (χ3v) is 5.75. The first-order valence-corrected chi connectivity index (χ1v) is 8.84. The van der Waals surface area contributed by atoms with Crippen molar-refractivity contribution in [1.29, 1.82) is 0 Å². The lowest BCUT2D eigenvalue weighted by atomic mass is 10.1. The summed E-state index contributed by atoms with van der Waals surface area (Å²) >= 11 is 6.24. The van der Waals surface area contributed by atoms with Crippen molar-refractivity contribution in [2.75, 3.05) is 13.1 Å². The molecule has 0 saturated carbocycles. The van der Waals surface area contributed by atoms with E-state index in [9.17, 15) is 8.42 Å². The molecule has 2 unspecified atom stereocenters. The van der Waals surface area contributed by atoms with Gasteiger partial charge in [0.15, 0.2) is 0 Å². The maximum atomic E-state index is 12.3. The van der Waals surface area contributed by atoms with Crippen LogP contribution in [0, 0.1) is 0 Å². The van der Waals surface area contributed by atoms with Gasteiger partial charge in [0, 0.05) is 19.1 Å². The summed E-state index contributed by atoms with van der Waals surface area (Å²) in [4.78, 5) is 0. The van der Waals surface area contributed by atoms with Crippen LogP contribution in [0.4, 0.5) is 0 Å². The fraction of sp³-hybridized carbons (Fsp3) is 0.571. The van der Waals surface area contributed by atoms with Gasteiger partial charge < -0.3 is 0 Å². The predicted molar refractivity (Wildman–Crippen MR) is 82.0 cm³/mol. The molecule has 1 aromatic rings. The maximum absolute atomic E-state index is 12.3. The van der Waals surface area contributed by atoms with Gasteiger partial charge in [0.25, 0.3) is 10.2 Å². The minimum absolute atomic E-state index is 0.0618. The van der Waals surface area contributed by atoms with Crippen LogP contribution < -0.4 is 4.72 Å². The Balaban J connectivity index is 1.95. The molecule has 112 valence electrons. The maximum Gasteiger partial charge on any atom is 0.279 e. The van der Waals surface area contributed by atoms with Gasteiger partial charge in [0.1, 0.15) is 0 Å². The largest absolute Gasteiger partial charge is 0.279 e. The summed E-state index contributed by atoms with van der Waals surface area (Å²) in [5.74, 6) is 0. The number of alkyl halides is 1. The van der Waals surface area contributed by atoms with Gasteiger partial charge in [0.05, 0.1) is 5.38 Å². The van der Waals surface area contributed by atoms with Gasteiger partial charge in [-0.1, -0.05) is 36.8 Å². The van der Waals surface area contributed by atoms with Crippen molar-refractivity contribution >= 4 is 21.8 Å². The van der Waals surface area contributed by atoms with Crippen LogP contribution in [0.1, 0.15) is 37.1 Å². The van der Waals surface area contributed by atoms with Gasteiger partial charge in [-0.15, -0.1) is 11.6 Å². The van der Waals surface area contributed by atoms with E-state index in [-0.39, 0.29) is 18.0 Å². The number of hydrogen-bond acceptors (Lipinski definition) is 2. The Morgan fingerprint density at radius 1 is 1.35 bits per heavy atom. The van der Waals surface area contributed by atoms with E-state index in [1.165, 1.54) is 0 Å². The van der Waals surface area contributed by atoms with Crippen LogP contribution >= 0.6 is 11.6 Å². The average molecular weight is 317 g/mol. The number of nitrogens with one attached hydrogen (secondary N) is 1. The molecule has 0 amide bonds. The SMILES string of the molecule is CC1CCCCN1S(=O)(=O)NCC(Cl)c1ccccc1. The van der Waals surface area contributed by atoms with Crippen LogP contribution in [0.2, 0.25) is 0 Å². The van der Waals surface area contributed by atoms with Crippen LogP contribution in [0.15, 0.2) is 30.3 Å². The average Bonchev–Trinajstić information content (AvgIpc) is 2.46. The molecular weight excluding hydrogens is 296 g/mol. The second-order valence-electron chi connectivity index (χ2n) is 5.19. The zero-order valence-electron chi connectivity index (χ0n) is 11.6. The first-order valence-electron chi connectivity index (χ1n) is 6.96. The molecule has 0 radical (unpaired) electrons. The highest BCUT2D eigenvalue weighted by Crippen LogP contribution is 2.22. The van der Waals surface area contributed by atoms with Crippen LogP contribution in [0.5, 0.6) is 0 Å². The van der Waals surface area contributed by atoms with Crippen molar-refractivity contribution in [2.24, 2.45) is 0 Å². The summed E-state index contributed by atoms with van der Waals surface area (Å²) < 4.78 is 28.7. The number of nitrogens with zero attached hydrogens (tertiary/aromatic N) is 1. The molecule has 1 N–H and O–H groups in total. The van der Waals surface area contributed by atoms with Gasteiger partial charge in [0.2, 0.25) is 0 Å². The first kappa shape index (κ1) is 15.8. The monoisotopic (exact) mass is 316 g/mol. The molecule has 1 fully saturated rings.